The number of carbonyl (C=O) groups is 1. The normalized spacial score (nSPS) is 10.9. The van der Waals surface area contributed by atoms with Gasteiger partial charge >= 0.3 is 0 Å². The lowest BCUT2D eigenvalue weighted by Gasteiger charge is -2.12. The molecule has 4 aromatic rings. The summed E-state index contributed by atoms with van der Waals surface area (Å²) in [6, 6.07) is 13.0. The highest BCUT2D eigenvalue weighted by Crippen LogP contribution is 2.28. The number of carbonyl (C=O) groups excluding carboxylic acids is 1. The van der Waals surface area contributed by atoms with Crippen molar-refractivity contribution in [3.8, 4) is 10.6 Å². The van der Waals surface area contributed by atoms with Crippen molar-refractivity contribution < 1.29 is 4.79 Å². The first-order valence-electron chi connectivity index (χ1n) is 9.14. The second-order valence-corrected chi connectivity index (χ2v) is 8.80. The van der Waals surface area contributed by atoms with Crippen LogP contribution >= 0.6 is 39.5 Å². The summed E-state index contributed by atoms with van der Waals surface area (Å²) in [5.41, 5.74) is 3.32. The highest BCUT2D eigenvalue weighted by atomic mass is 79.9. The molecule has 4 rings (SSSR count). The average molecular weight is 501 g/mol. The van der Waals surface area contributed by atoms with Crippen molar-refractivity contribution in [2.75, 3.05) is 5.32 Å². The van der Waals surface area contributed by atoms with E-state index in [0.29, 0.717) is 5.56 Å². The van der Waals surface area contributed by atoms with E-state index < -0.39 is 0 Å². The summed E-state index contributed by atoms with van der Waals surface area (Å²) in [6.45, 7) is 4.00. The maximum absolute atomic E-state index is 12.3. The molecule has 0 bridgehead atoms. The van der Waals surface area contributed by atoms with E-state index in [4.69, 9.17) is 12.2 Å². The standard InChI is InChI=1S/C20H17BrN6OS2/c1-3-16-24-25-20-27(16)26-18(30-20)13-6-9-15(11(2)10-13)22-19(29)23-17(28)12-4-7-14(21)8-5-12/h4-10H,3H2,1-2H3,(H2,22,23,28,29). The minimum atomic E-state index is -0.263. The number of thiocarbonyl (C=S) groups is 1. The molecule has 0 aliphatic heterocycles. The molecule has 0 aliphatic rings. The minimum absolute atomic E-state index is 0.241. The predicted octanol–water partition coefficient (Wildman–Crippen LogP) is 4.61. The Kier molecular flexibility index (Phi) is 5.89. The quantitative estimate of drug-likeness (QED) is 0.398. The van der Waals surface area contributed by atoms with Crippen LogP contribution in [0.2, 0.25) is 0 Å². The molecule has 0 spiro atoms. The lowest BCUT2D eigenvalue weighted by Crippen LogP contribution is -2.34. The number of hydrogen-bond donors (Lipinski definition) is 2. The van der Waals surface area contributed by atoms with Crippen molar-refractivity contribution in [2.45, 2.75) is 20.3 Å². The Morgan fingerprint density at radius 1 is 1.20 bits per heavy atom. The lowest BCUT2D eigenvalue weighted by atomic mass is 10.1. The van der Waals surface area contributed by atoms with E-state index in [9.17, 15) is 4.79 Å². The third-order valence-electron chi connectivity index (χ3n) is 4.43. The highest BCUT2D eigenvalue weighted by molar-refractivity contribution is 9.10. The van der Waals surface area contributed by atoms with Gasteiger partial charge in [-0.1, -0.05) is 34.2 Å². The molecule has 2 aromatic carbocycles. The van der Waals surface area contributed by atoms with Crippen LogP contribution in [0, 0.1) is 6.92 Å². The fourth-order valence-corrected chi connectivity index (χ4v) is 4.18. The van der Waals surface area contributed by atoms with Crippen LogP contribution in [0.5, 0.6) is 0 Å². The first-order valence-corrected chi connectivity index (χ1v) is 11.2. The number of rotatable bonds is 4. The Balaban J connectivity index is 1.47. The molecule has 2 aromatic heterocycles. The zero-order valence-corrected chi connectivity index (χ0v) is 19.4. The summed E-state index contributed by atoms with van der Waals surface area (Å²) in [5.74, 6) is 0.579. The number of amides is 1. The SMILES string of the molecule is CCc1nnc2sc(-c3ccc(NC(=S)NC(=O)c4ccc(Br)cc4)c(C)c3)nn12. The summed E-state index contributed by atoms with van der Waals surface area (Å²) < 4.78 is 2.69. The molecule has 0 saturated heterocycles. The summed E-state index contributed by atoms with van der Waals surface area (Å²) in [5, 5.41) is 19.8. The lowest BCUT2D eigenvalue weighted by molar-refractivity contribution is 0.0977. The second-order valence-electron chi connectivity index (χ2n) is 6.52. The molecular formula is C20H17BrN6OS2. The maximum Gasteiger partial charge on any atom is 0.257 e. The van der Waals surface area contributed by atoms with Gasteiger partial charge in [0.15, 0.2) is 10.9 Å². The van der Waals surface area contributed by atoms with Crippen molar-refractivity contribution in [2.24, 2.45) is 0 Å². The number of nitrogens with zero attached hydrogens (tertiary/aromatic N) is 4. The summed E-state index contributed by atoms with van der Waals surface area (Å²) >= 11 is 10.1. The fourth-order valence-electron chi connectivity index (χ4n) is 2.86. The molecule has 0 unspecified atom stereocenters. The Hall–Kier alpha value is -2.69. The molecule has 10 heteroatoms. The van der Waals surface area contributed by atoms with Gasteiger partial charge in [0.2, 0.25) is 4.96 Å². The van der Waals surface area contributed by atoms with Gasteiger partial charge in [-0.2, -0.15) is 9.61 Å². The summed E-state index contributed by atoms with van der Waals surface area (Å²) in [4.78, 5) is 13.1. The van der Waals surface area contributed by atoms with E-state index in [-0.39, 0.29) is 11.0 Å². The highest BCUT2D eigenvalue weighted by Gasteiger charge is 2.13. The zero-order chi connectivity index (χ0) is 21.3. The number of halogens is 1. The van der Waals surface area contributed by atoms with Crippen molar-refractivity contribution >= 4 is 61.2 Å². The minimum Gasteiger partial charge on any atom is -0.332 e. The van der Waals surface area contributed by atoms with E-state index in [0.717, 1.165) is 43.5 Å². The Bertz CT molecular complexity index is 1250. The van der Waals surface area contributed by atoms with Gasteiger partial charge < -0.3 is 5.32 Å². The van der Waals surface area contributed by atoms with Crippen LogP contribution in [0.15, 0.2) is 46.9 Å². The molecule has 152 valence electrons. The summed E-state index contributed by atoms with van der Waals surface area (Å²) in [6.07, 6.45) is 0.773. The molecule has 0 radical (unpaired) electrons. The number of aryl methyl sites for hydroxylation is 2. The van der Waals surface area contributed by atoms with Crippen LogP contribution in [0.1, 0.15) is 28.7 Å². The first-order chi connectivity index (χ1) is 14.4. The van der Waals surface area contributed by atoms with Gasteiger partial charge in [-0.25, -0.2) is 0 Å². The maximum atomic E-state index is 12.3. The number of fused-ring (bicyclic) bond motifs is 1. The third-order valence-corrected chi connectivity index (χ3v) is 6.11. The second kappa shape index (κ2) is 8.58. The van der Waals surface area contributed by atoms with Gasteiger partial charge in [0.25, 0.3) is 5.91 Å². The van der Waals surface area contributed by atoms with E-state index in [1.807, 2.05) is 44.2 Å². The first kappa shape index (κ1) is 20.6. The van der Waals surface area contributed by atoms with Crippen LogP contribution < -0.4 is 10.6 Å². The fraction of sp³-hybridized carbons (Fsp3) is 0.150. The predicted molar refractivity (Wildman–Crippen MR) is 126 cm³/mol. The van der Waals surface area contributed by atoms with E-state index in [1.54, 1.807) is 16.6 Å². The van der Waals surface area contributed by atoms with Gasteiger partial charge in [0.1, 0.15) is 5.01 Å². The van der Waals surface area contributed by atoms with Crippen molar-refractivity contribution in [1.29, 1.82) is 0 Å². The molecule has 0 atom stereocenters. The largest absolute Gasteiger partial charge is 0.332 e. The van der Waals surface area contributed by atoms with Gasteiger partial charge in [-0.15, -0.1) is 10.2 Å². The number of nitrogens with one attached hydrogen (secondary N) is 2. The van der Waals surface area contributed by atoms with Gasteiger partial charge in [0.05, 0.1) is 0 Å². The average Bonchev–Trinajstić information content (AvgIpc) is 3.30. The van der Waals surface area contributed by atoms with Crippen LogP contribution in [-0.2, 0) is 6.42 Å². The van der Waals surface area contributed by atoms with Crippen LogP contribution in [0.4, 0.5) is 5.69 Å². The molecule has 2 heterocycles. The molecule has 7 nitrogen and oxygen atoms in total. The summed E-state index contributed by atoms with van der Waals surface area (Å²) in [7, 11) is 0. The molecule has 0 aliphatic carbocycles. The van der Waals surface area contributed by atoms with Gasteiger partial charge in [-0.05, 0) is 67.2 Å². The molecule has 0 fully saturated rings. The van der Waals surface area contributed by atoms with E-state index in [1.165, 1.54) is 11.3 Å². The van der Waals surface area contributed by atoms with Crippen molar-refractivity contribution in [3.05, 3.63) is 63.9 Å². The Labute approximate surface area is 190 Å². The number of anilines is 1. The van der Waals surface area contributed by atoms with Crippen molar-refractivity contribution in [1.82, 2.24) is 25.1 Å². The van der Waals surface area contributed by atoms with E-state index >= 15 is 0 Å². The zero-order valence-electron chi connectivity index (χ0n) is 16.1. The number of benzene rings is 2. The van der Waals surface area contributed by atoms with Crippen LogP contribution in [0.25, 0.3) is 15.5 Å². The topological polar surface area (TPSA) is 84.2 Å². The molecule has 2 N–H and O–H groups in total. The van der Waals surface area contributed by atoms with Gasteiger partial charge in [-0.3, -0.25) is 10.1 Å². The Morgan fingerprint density at radius 2 is 1.97 bits per heavy atom. The Morgan fingerprint density at radius 3 is 2.67 bits per heavy atom. The van der Waals surface area contributed by atoms with Crippen molar-refractivity contribution in [3.63, 3.8) is 0 Å². The molecule has 1 amide bonds. The van der Waals surface area contributed by atoms with Crippen LogP contribution in [-0.4, -0.2) is 30.8 Å². The molecule has 30 heavy (non-hydrogen) atoms. The smallest absolute Gasteiger partial charge is 0.257 e. The number of hydrogen-bond acceptors (Lipinski definition) is 6. The monoisotopic (exact) mass is 500 g/mol. The van der Waals surface area contributed by atoms with E-state index in [2.05, 4.69) is 41.9 Å². The molecular weight excluding hydrogens is 484 g/mol. The van der Waals surface area contributed by atoms with Gasteiger partial charge in [0, 0.05) is 27.7 Å². The van der Waals surface area contributed by atoms with Crippen LogP contribution in [0.3, 0.4) is 0 Å². The molecule has 0 saturated carbocycles. The third kappa shape index (κ3) is 4.25. The number of aromatic nitrogens is 4.